The van der Waals surface area contributed by atoms with E-state index >= 15 is 0 Å². The minimum Gasteiger partial charge on any atom is -0.469 e. The number of hydrogen-bond acceptors (Lipinski definition) is 5. The zero-order valence-electron chi connectivity index (χ0n) is 9.06. The lowest BCUT2D eigenvalue weighted by Gasteiger charge is -2.24. The van der Waals surface area contributed by atoms with Gasteiger partial charge in [-0.2, -0.15) is 0 Å². The summed E-state index contributed by atoms with van der Waals surface area (Å²) in [5.41, 5.74) is 0. The molecule has 0 radical (unpaired) electrons. The van der Waals surface area contributed by atoms with Gasteiger partial charge in [-0.05, 0) is 25.7 Å². The van der Waals surface area contributed by atoms with Crippen LogP contribution in [0.15, 0.2) is 9.32 Å². The highest BCUT2D eigenvalue weighted by atomic mass is 16.5. The minimum absolute atomic E-state index is 0.0140. The maximum Gasteiger partial charge on any atom is 0.438 e. The van der Waals surface area contributed by atoms with Gasteiger partial charge >= 0.3 is 11.7 Å². The maximum absolute atomic E-state index is 11.3. The number of H-pyrrole nitrogens is 1. The molecule has 88 valence electrons. The van der Waals surface area contributed by atoms with Crippen LogP contribution in [0.4, 0.5) is 0 Å². The van der Waals surface area contributed by atoms with E-state index in [9.17, 15) is 9.59 Å². The van der Waals surface area contributed by atoms with Crippen molar-refractivity contribution in [2.75, 3.05) is 7.11 Å². The number of aromatic amines is 1. The third-order valence-electron chi connectivity index (χ3n) is 3.11. The summed E-state index contributed by atoms with van der Waals surface area (Å²) in [6, 6.07) is 0. The van der Waals surface area contributed by atoms with Gasteiger partial charge in [-0.25, -0.2) is 4.79 Å². The number of rotatable bonds is 2. The zero-order chi connectivity index (χ0) is 11.5. The first kappa shape index (κ1) is 10.9. The van der Waals surface area contributed by atoms with Crippen molar-refractivity contribution >= 4 is 5.97 Å². The Bertz CT molecular complexity index is 414. The molecular formula is C10H14N2O4. The van der Waals surface area contributed by atoms with Crippen molar-refractivity contribution in [2.45, 2.75) is 31.6 Å². The van der Waals surface area contributed by atoms with E-state index in [2.05, 4.69) is 14.7 Å². The third kappa shape index (κ3) is 2.15. The second-order valence-corrected chi connectivity index (χ2v) is 4.05. The number of carbonyl (C=O) groups excluding carboxylic acids is 1. The topological polar surface area (TPSA) is 85.2 Å². The molecule has 0 aliphatic heterocycles. The van der Waals surface area contributed by atoms with E-state index in [0.717, 1.165) is 25.7 Å². The molecule has 0 bridgehead atoms. The predicted molar refractivity (Wildman–Crippen MR) is 53.8 cm³/mol. The lowest BCUT2D eigenvalue weighted by Crippen LogP contribution is -2.22. The number of aromatic nitrogens is 2. The van der Waals surface area contributed by atoms with Crippen molar-refractivity contribution in [3.63, 3.8) is 0 Å². The Morgan fingerprint density at radius 3 is 2.62 bits per heavy atom. The normalized spacial score (nSPS) is 25.3. The van der Waals surface area contributed by atoms with E-state index < -0.39 is 5.76 Å². The molecule has 0 amide bonds. The lowest BCUT2D eigenvalue weighted by molar-refractivity contribution is -0.146. The van der Waals surface area contributed by atoms with Gasteiger partial charge in [0.1, 0.15) is 0 Å². The SMILES string of the molecule is COC(=O)[C@H]1CC[C@H](c2noc(=O)[nH]2)CC1. The van der Waals surface area contributed by atoms with Gasteiger partial charge in [-0.3, -0.25) is 14.3 Å². The molecule has 0 saturated heterocycles. The highest BCUT2D eigenvalue weighted by Crippen LogP contribution is 2.34. The molecule has 0 unspecified atom stereocenters. The standard InChI is InChI=1S/C10H14N2O4/c1-15-9(13)7-4-2-6(3-5-7)8-11-10(14)16-12-8/h6-7H,2-5H2,1H3,(H,11,12,14)/t6-,7-. The zero-order valence-corrected chi connectivity index (χ0v) is 9.06. The van der Waals surface area contributed by atoms with E-state index in [1.165, 1.54) is 7.11 Å². The van der Waals surface area contributed by atoms with Crippen LogP contribution in [0.25, 0.3) is 0 Å². The maximum atomic E-state index is 11.3. The van der Waals surface area contributed by atoms with Gasteiger partial charge in [0, 0.05) is 5.92 Å². The van der Waals surface area contributed by atoms with Crippen LogP contribution in [0, 0.1) is 5.92 Å². The number of esters is 1. The van der Waals surface area contributed by atoms with Crippen LogP contribution < -0.4 is 5.76 Å². The number of ether oxygens (including phenoxy) is 1. The Kier molecular flexibility index (Phi) is 3.07. The second kappa shape index (κ2) is 4.51. The molecule has 1 fully saturated rings. The largest absolute Gasteiger partial charge is 0.469 e. The molecule has 2 rings (SSSR count). The fraction of sp³-hybridized carbons (Fsp3) is 0.700. The predicted octanol–water partition coefficient (Wildman–Crippen LogP) is 0.810. The van der Waals surface area contributed by atoms with Crippen molar-refractivity contribution in [1.82, 2.24) is 10.1 Å². The van der Waals surface area contributed by atoms with E-state index in [4.69, 9.17) is 4.74 Å². The summed E-state index contributed by atoms with van der Waals surface area (Å²) in [4.78, 5) is 24.6. The van der Waals surface area contributed by atoms with Crippen LogP contribution in [0.5, 0.6) is 0 Å². The molecule has 1 aliphatic carbocycles. The average Bonchev–Trinajstić information content (AvgIpc) is 2.75. The van der Waals surface area contributed by atoms with Crippen LogP contribution in [-0.4, -0.2) is 23.2 Å². The van der Waals surface area contributed by atoms with Crippen LogP contribution in [0.1, 0.15) is 37.4 Å². The van der Waals surface area contributed by atoms with Gasteiger partial charge in [-0.1, -0.05) is 5.16 Å². The minimum atomic E-state index is -0.523. The lowest BCUT2D eigenvalue weighted by atomic mass is 9.82. The molecule has 1 aliphatic rings. The summed E-state index contributed by atoms with van der Waals surface area (Å²) in [5, 5.41) is 3.67. The summed E-state index contributed by atoms with van der Waals surface area (Å²) in [6.45, 7) is 0. The average molecular weight is 226 g/mol. The monoisotopic (exact) mass is 226 g/mol. The van der Waals surface area contributed by atoms with Gasteiger partial charge in [0.05, 0.1) is 13.0 Å². The highest BCUT2D eigenvalue weighted by molar-refractivity contribution is 5.72. The Morgan fingerprint density at radius 1 is 1.44 bits per heavy atom. The van der Waals surface area contributed by atoms with E-state index in [-0.39, 0.29) is 17.8 Å². The van der Waals surface area contributed by atoms with Crippen LogP contribution >= 0.6 is 0 Å². The summed E-state index contributed by atoms with van der Waals surface area (Å²) in [6.07, 6.45) is 3.18. The Hall–Kier alpha value is -1.59. The number of carbonyl (C=O) groups is 1. The molecule has 1 aromatic heterocycles. The van der Waals surface area contributed by atoms with Gasteiger partial charge in [0.2, 0.25) is 0 Å². The summed E-state index contributed by atoms with van der Waals surface area (Å²) in [7, 11) is 1.41. The molecule has 16 heavy (non-hydrogen) atoms. The van der Waals surface area contributed by atoms with Gasteiger partial charge < -0.3 is 4.74 Å². The Labute approximate surface area is 92.0 Å². The molecule has 1 saturated carbocycles. The van der Waals surface area contributed by atoms with Crippen LogP contribution in [0.3, 0.4) is 0 Å². The van der Waals surface area contributed by atoms with E-state index in [1.807, 2.05) is 0 Å². The summed E-state index contributed by atoms with van der Waals surface area (Å²) >= 11 is 0. The molecule has 1 aromatic rings. The summed E-state index contributed by atoms with van der Waals surface area (Å²) < 4.78 is 9.16. The molecule has 6 nitrogen and oxygen atoms in total. The fourth-order valence-corrected chi connectivity index (χ4v) is 2.19. The quantitative estimate of drug-likeness (QED) is 0.754. The molecule has 6 heteroatoms. The van der Waals surface area contributed by atoms with Crippen molar-refractivity contribution < 1.29 is 14.1 Å². The van der Waals surface area contributed by atoms with Gasteiger partial charge in [0.15, 0.2) is 5.82 Å². The first-order chi connectivity index (χ1) is 7.70. The first-order valence-corrected chi connectivity index (χ1v) is 5.34. The summed E-state index contributed by atoms with van der Waals surface area (Å²) in [5.74, 6) is 0.0951. The number of methoxy groups -OCH3 is 1. The van der Waals surface area contributed by atoms with Crippen molar-refractivity contribution in [3.05, 3.63) is 16.4 Å². The van der Waals surface area contributed by atoms with Gasteiger partial charge in [-0.15, -0.1) is 0 Å². The van der Waals surface area contributed by atoms with Crippen molar-refractivity contribution in [1.29, 1.82) is 0 Å². The number of hydrogen-bond donors (Lipinski definition) is 1. The van der Waals surface area contributed by atoms with Crippen molar-refractivity contribution in [2.24, 2.45) is 5.92 Å². The Balaban J connectivity index is 1.95. The number of nitrogens with zero attached hydrogens (tertiary/aromatic N) is 1. The molecule has 0 spiro atoms. The van der Waals surface area contributed by atoms with Crippen LogP contribution in [0.2, 0.25) is 0 Å². The van der Waals surface area contributed by atoms with Crippen LogP contribution in [-0.2, 0) is 9.53 Å². The fourth-order valence-electron chi connectivity index (χ4n) is 2.19. The second-order valence-electron chi connectivity index (χ2n) is 4.05. The molecule has 0 atom stereocenters. The number of nitrogens with one attached hydrogen (secondary N) is 1. The first-order valence-electron chi connectivity index (χ1n) is 5.34. The Morgan fingerprint density at radius 2 is 2.12 bits per heavy atom. The third-order valence-corrected chi connectivity index (χ3v) is 3.11. The smallest absolute Gasteiger partial charge is 0.438 e. The van der Waals surface area contributed by atoms with E-state index in [1.54, 1.807) is 0 Å². The van der Waals surface area contributed by atoms with Crippen molar-refractivity contribution in [3.8, 4) is 0 Å². The molecule has 1 N–H and O–H groups in total. The molecule has 1 heterocycles. The van der Waals surface area contributed by atoms with E-state index in [0.29, 0.717) is 5.82 Å². The molecule has 0 aromatic carbocycles. The highest BCUT2D eigenvalue weighted by Gasteiger charge is 2.29. The van der Waals surface area contributed by atoms with Gasteiger partial charge in [0.25, 0.3) is 0 Å². The molecular weight excluding hydrogens is 212 g/mol.